The molecule has 0 aliphatic heterocycles. The summed E-state index contributed by atoms with van der Waals surface area (Å²) >= 11 is 0. The van der Waals surface area contributed by atoms with Gasteiger partial charge in [-0.15, -0.1) is 0 Å². The van der Waals surface area contributed by atoms with Crippen molar-refractivity contribution in [3.05, 3.63) is 82.8 Å². The number of hydrogen-bond acceptors (Lipinski definition) is 4. The molecular formula is C19H12N2O3. The number of nitrogens with one attached hydrogen (secondary N) is 1. The average Bonchev–Trinajstić information content (AvgIpc) is 2.61. The maximum atomic E-state index is 12.6. The summed E-state index contributed by atoms with van der Waals surface area (Å²) in [6.07, 6.45) is 1.66. The SMILES string of the molecule is O=C(Nc1ccc2oc(=O)ccc2c1)c1cccc2cccnc12. The normalized spacial score (nSPS) is 10.8. The summed E-state index contributed by atoms with van der Waals surface area (Å²) in [4.78, 5) is 28.1. The monoisotopic (exact) mass is 316 g/mol. The Labute approximate surface area is 136 Å². The molecule has 0 aliphatic carbocycles. The summed E-state index contributed by atoms with van der Waals surface area (Å²) in [5.74, 6) is -0.240. The minimum absolute atomic E-state index is 0.240. The Morgan fingerprint density at radius 1 is 0.958 bits per heavy atom. The lowest BCUT2D eigenvalue weighted by atomic mass is 10.1. The van der Waals surface area contributed by atoms with Crippen molar-refractivity contribution in [3.8, 4) is 0 Å². The van der Waals surface area contributed by atoms with Crippen molar-refractivity contribution in [2.24, 2.45) is 0 Å². The Bertz CT molecular complexity index is 1130. The standard InChI is InChI=1S/C19H12N2O3/c22-17-9-6-13-11-14(7-8-16(13)24-17)21-19(23)15-5-1-3-12-4-2-10-20-18(12)15/h1-11H,(H,21,23). The molecule has 5 nitrogen and oxygen atoms in total. The van der Waals surface area contributed by atoms with Gasteiger partial charge in [0.05, 0.1) is 11.1 Å². The number of pyridine rings is 1. The summed E-state index contributed by atoms with van der Waals surface area (Å²) < 4.78 is 5.09. The Balaban J connectivity index is 1.70. The number of aromatic nitrogens is 1. The highest BCUT2D eigenvalue weighted by molar-refractivity contribution is 6.12. The van der Waals surface area contributed by atoms with E-state index in [9.17, 15) is 9.59 Å². The molecule has 0 unspecified atom stereocenters. The van der Waals surface area contributed by atoms with Gasteiger partial charge in [0.15, 0.2) is 0 Å². The van der Waals surface area contributed by atoms with E-state index in [2.05, 4.69) is 10.3 Å². The first-order chi connectivity index (χ1) is 11.7. The lowest BCUT2D eigenvalue weighted by Gasteiger charge is -2.08. The van der Waals surface area contributed by atoms with Crippen LogP contribution in [0, 0.1) is 0 Å². The van der Waals surface area contributed by atoms with Crippen molar-refractivity contribution in [1.82, 2.24) is 4.98 Å². The summed E-state index contributed by atoms with van der Waals surface area (Å²) in [5, 5.41) is 4.51. The van der Waals surface area contributed by atoms with Crippen molar-refractivity contribution in [3.63, 3.8) is 0 Å². The van der Waals surface area contributed by atoms with Crippen LogP contribution in [0.25, 0.3) is 21.9 Å². The summed E-state index contributed by atoms with van der Waals surface area (Å²) in [7, 11) is 0. The van der Waals surface area contributed by atoms with Crippen LogP contribution >= 0.6 is 0 Å². The smallest absolute Gasteiger partial charge is 0.336 e. The number of hydrogen-bond donors (Lipinski definition) is 1. The van der Waals surface area contributed by atoms with Gasteiger partial charge in [-0.05, 0) is 36.4 Å². The number of para-hydroxylation sites is 1. The molecule has 0 saturated heterocycles. The van der Waals surface area contributed by atoms with Crippen molar-refractivity contribution >= 4 is 33.5 Å². The van der Waals surface area contributed by atoms with E-state index in [1.807, 2.05) is 24.3 Å². The predicted octanol–water partition coefficient (Wildman–Crippen LogP) is 3.59. The number of benzene rings is 2. The highest BCUT2D eigenvalue weighted by Gasteiger charge is 2.11. The second-order valence-electron chi connectivity index (χ2n) is 5.34. The molecule has 0 fully saturated rings. The molecule has 1 N–H and O–H groups in total. The number of rotatable bonds is 2. The maximum Gasteiger partial charge on any atom is 0.336 e. The lowest BCUT2D eigenvalue weighted by Crippen LogP contribution is -2.12. The van der Waals surface area contributed by atoms with Gasteiger partial charge in [0.2, 0.25) is 0 Å². The van der Waals surface area contributed by atoms with Crippen LogP contribution in [0.1, 0.15) is 10.4 Å². The number of nitrogens with zero attached hydrogens (tertiary/aromatic N) is 1. The Hall–Kier alpha value is -3.47. The van der Waals surface area contributed by atoms with Crippen molar-refractivity contribution in [1.29, 1.82) is 0 Å². The highest BCUT2D eigenvalue weighted by Crippen LogP contribution is 2.20. The van der Waals surface area contributed by atoms with Crippen LogP contribution in [0.3, 0.4) is 0 Å². The second kappa shape index (κ2) is 5.62. The number of anilines is 1. The maximum absolute atomic E-state index is 12.6. The van der Waals surface area contributed by atoms with E-state index >= 15 is 0 Å². The molecular weight excluding hydrogens is 304 g/mol. The van der Waals surface area contributed by atoms with E-state index in [0.29, 0.717) is 22.4 Å². The largest absolute Gasteiger partial charge is 0.423 e. The molecule has 0 radical (unpaired) electrons. The fourth-order valence-electron chi connectivity index (χ4n) is 2.64. The Morgan fingerprint density at radius 3 is 2.75 bits per heavy atom. The van der Waals surface area contributed by atoms with Gasteiger partial charge >= 0.3 is 5.63 Å². The fourth-order valence-corrected chi connectivity index (χ4v) is 2.64. The number of carbonyl (C=O) groups is 1. The van der Waals surface area contributed by atoms with Crippen LogP contribution in [0.4, 0.5) is 5.69 Å². The molecule has 0 saturated carbocycles. The molecule has 0 bridgehead atoms. The first-order valence-corrected chi connectivity index (χ1v) is 7.40. The average molecular weight is 316 g/mol. The van der Waals surface area contributed by atoms with E-state index in [1.54, 1.807) is 36.5 Å². The zero-order chi connectivity index (χ0) is 16.5. The lowest BCUT2D eigenvalue weighted by molar-refractivity contribution is 0.102. The predicted molar refractivity (Wildman–Crippen MR) is 92.2 cm³/mol. The number of fused-ring (bicyclic) bond motifs is 2. The van der Waals surface area contributed by atoms with Crippen molar-refractivity contribution < 1.29 is 9.21 Å². The van der Waals surface area contributed by atoms with Gasteiger partial charge < -0.3 is 9.73 Å². The molecule has 5 heteroatoms. The van der Waals surface area contributed by atoms with E-state index in [1.165, 1.54) is 6.07 Å². The summed E-state index contributed by atoms with van der Waals surface area (Å²) in [6, 6.07) is 17.4. The molecule has 2 heterocycles. The topological polar surface area (TPSA) is 72.2 Å². The van der Waals surface area contributed by atoms with Gasteiger partial charge in [0, 0.05) is 28.7 Å². The van der Waals surface area contributed by atoms with E-state index in [4.69, 9.17) is 4.42 Å². The van der Waals surface area contributed by atoms with E-state index in [0.717, 1.165) is 10.8 Å². The summed E-state index contributed by atoms with van der Waals surface area (Å²) in [6.45, 7) is 0. The molecule has 0 spiro atoms. The van der Waals surface area contributed by atoms with Crippen LogP contribution < -0.4 is 10.9 Å². The Morgan fingerprint density at radius 2 is 1.83 bits per heavy atom. The molecule has 0 aliphatic rings. The zero-order valence-electron chi connectivity index (χ0n) is 12.5. The molecule has 24 heavy (non-hydrogen) atoms. The van der Waals surface area contributed by atoms with Crippen LogP contribution in [0.5, 0.6) is 0 Å². The van der Waals surface area contributed by atoms with Crippen LogP contribution in [-0.4, -0.2) is 10.9 Å². The van der Waals surface area contributed by atoms with Gasteiger partial charge in [0.25, 0.3) is 5.91 Å². The van der Waals surface area contributed by atoms with Gasteiger partial charge in [0.1, 0.15) is 5.58 Å². The van der Waals surface area contributed by atoms with Gasteiger partial charge in [-0.3, -0.25) is 9.78 Å². The van der Waals surface area contributed by atoms with Crippen LogP contribution in [0.2, 0.25) is 0 Å². The molecule has 116 valence electrons. The number of amides is 1. The molecule has 4 aromatic rings. The first-order valence-electron chi connectivity index (χ1n) is 7.40. The fraction of sp³-hybridized carbons (Fsp3) is 0. The molecule has 2 aromatic heterocycles. The highest BCUT2D eigenvalue weighted by atomic mass is 16.4. The molecule has 4 rings (SSSR count). The molecule has 0 atom stereocenters. The first kappa shape index (κ1) is 14.1. The third-order valence-corrected chi connectivity index (χ3v) is 3.75. The third-order valence-electron chi connectivity index (χ3n) is 3.75. The third kappa shape index (κ3) is 2.52. The summed E-state index contributed by atoms with van der Waals surface area (Å²) in [5.41, 5.74) is 1.86. The number of carbonyl (C=O) groups excluding carboxylic acids is 1. The molecule has 2 aromatic carbocycles. The van der Waals surface area contributed by atoms with Gasteiger partial charge in [-0.1, -0.05) is 18.2 Å². The van der Waals surface area contributed by atoms with Gasteiger partial charge in [-0.2, -0.15) is 0 Å². The van der Waals surface area contributed by atoms with Crippen molar-refractivity contribution in [2.75, 3.05) is 5.32 Å². The van der Waals surface area contributed by atoms with E-state index < -0.39 is 5.63 Å². The van der Waals surface area contributed by atoms with Crippen LogP contribution in [0.15, 0.2) is 76.1 Å². The van der Waals surface area contributed by atoms with Crippen molar-refractivity contribution in [2.45, 2.75) is 0 Å². The minimum atomic E-state index is -0.402. The quantitative estimate of drug-likeness (QED) is 0.574. The molecule has 1 amide bonds. The Kier molecular flexibility index (Phi) is 3.31. The second-order valence-corrected chi connectivity index (χ2v) is 5.34. The zero-order valence-corrected chi connectivity index (χ0v) is 12.5. The van der Waals surface area contributed by atoms with Crippen LogP contribution in [-0.2, 0) is 0 Å². The van der Waals surface area contributed by atoms with Gasteiger partial charge in [-0.25, -0.2) is 4.79 Å². The van der Waals surface area contributed by atoms with E-state index in [-0.39, 0.29) is 5.91 Å². The minimum Gasteiger partial charge on any atom is -0.423 e.